The van der Waals surface area contributed by atoms with Gasteiger partial charge in [-0.15, -0.1) is 0 Å². The second kappa shape index (κ2) is 8.74. The summed E-state index contributed by atoms with van der Waals surface area (Å²) in [6.07, 6.45) is 2.29. The summed E-state index contributed by atoms with van der Waals surface area (Å²) in [6.45, 7) is 4.28. The Morgan fingerprint density at radius 2 is 1.61 bits per heavy atom. The van der Waals surface area contributed by atoms with Crippen molar-refractivity contribution in [1.82, 2.24) is 9.97 Å². The third-order valence-corrected chi connectivity index (χ3v) is 6.29. The minimum Gasteiger partial charge on any atom is -0.493 e. The van der Waals surface area contributed by atoms with Crippen LogP contribution in [0.1, 0.15) is 48.7 Å². The molecule has 4 aromatic rings. The fourth-order valence-corrected chi connectivity index (χ4v) is 4.13. The summed E-state index contributed by atoms with van der Waals surface area (Å²) in [5, 5.41) is 4.58. The van der Waals surface area contributed by atoms with E-state index in [1.807, 2.05) is 12.1 Å². The Morgan fingerprint density at radius 1 is 0.879 bits per heavy atom. The van der Waals surface area contributed by atoms with Crippen LogP contribution in [-0.4, -0.2) is 24.2 Å². The van der Waals surface area contributed by atoms with Gasteiger partial charge in [0.05, 0.1) is 19.7 Å². The maximum absolute atomic E-state index is 5.54. The van der Waals surface area contributed by atoms with Crippen LogP contribution in [0.3, 0.4) is 0 Å². The molecule has 0 radical (unpaired) electrons. The van der Waals surface area contributed by atoms with Crippen LogP contribution >= 0.6 is 0 Å². The normalized spacial score (nSPS) is 14.2. The van der Waals surface area contributed by atoms with E-state index < -0.39 is 0 Å². The van der Waals surface area contributed by atoms with Crippen LogP contribution < -0.4 is 14.8 Å². The van der Waals surface area contributed by atoms with E-state index in [1.54, 1.807) is 14.2 Å². The molecule has 1 atom stereocenters. The van der Waals surface area contributed by atoms with Crippen molar-refractivity contribution >= 4 is 16.7 Å². The van der Waals surface area contributed by atoms with Gasteiger partial charge in [-0.3, -0.25) is 0 Å². The molecular weight excluding hydrogens is 410 g/mol. The van der Waals surface area contributed by atoms with E-state index in [-0.39, 0.29) is 6.04 Å². The van der Waals surface area contributed by atoms with Crippen LogP contribution in [0.4, 0.5) is 5.82 Å². The highest BCUT2D eigenvalue weighted by Crippen LogP contribution is 2.41. The molecule has 0 bridgehead atoms. The number of rotatable bonds is 7. The fourth-order valence-electron chi connectivity index (χ4n) is 4.13. The van der Waals surface area contributed by atoms with Gasteiger partial charge in [0.25, 0.3) is 0 Å². The molecule has 168 valence electrons. The first kappa shape index (κ1) is 21.3. The average Bonchev–Trinajstić information content (AvgIpc) is 3.69. The van der Waals surface area contributed by atoms with Gasteiger partial charge in [0, 0.05) is 23.4 Å². The van der Waals surface area contributed by atoms with Crippen LogP contribution in [-0.2, 0) is 0 Å². The van der Waals surface area contributed by atoms with Gasteiger partial charge in [0.15, 0.2) is 11.5 Å². The molecule has 3 aromatic carbocycles. The monoisotopic (exact) mass is 439 g/mol. The molecular formula is C28H29N3O2. The second-order valence-corrected chi connectivity index (χ2v) is 8.79. The number of nitrogens with zero attached hydrogens (tertiary/aromatic N) is 2. The van der Waals surface area contributed by atoms with E-state index in [1.165, 1.54) is 22.3 Å². The minimum absolute atomic E-state index is 0.0636. The molecule has 1 aliphatic rings. The molecule has 1 aliphatic carbocycles. The molecule has 1 heterocycles. The molecule has 0 saturated heterocycles. The van der Waals surface area contributed by atoms with E-state index in [4.69, 9.17) is 19.4 Å². The molecule has 0 aliphatic heterocycles. The van der Waals surface area contributed by atoms with Crippen molar-refractivity contribution in [3.05, 3.63) is 77.6 Å². The van der Waals surface area contributed by atoms with Crippen molar-refractivity contribution in [2.75, 3.05) is 19.5 Å². The van der Waals surface area contributed by atoms with Crippen LogP contribution in [0, 0.1) is 6.92 Å². The summed E-state index contributed by atoms with van der Waals surface area (Å²) in [4.78, 5) is 9.77. The molecule has 0 amide bonds. The zero-order chi connectivity index (χ0) is 22.9. The van der Waals surface area contributed by atoms with E-state index in [0.717, 1.165) is 35.4 Å². The van der Waals surface area contributed by atoms with Crippen molar-refractivity contribution in [3.8, 4) is 22.6 Å². The lowest BCUT2D eigenvalue weighted by molar-refractivity contribution is 0.356. The topological polar surface area (TPSA) is 56.3 Å². The number of hydrogen-bond donors (Lipinski definition) is 1. The average molecular weight is 440 g/mol. The third kappa shape index (κ3) is 4.36. The van der Waals surface area contributed by atoms with Gasteiger partial charge in [-0.2, -0.15) is 0 Å². The Hall–Kier alpha value is -3.60. The number of fused-ring (bicyclic) bond motifs is 1. The molecule has 5 heteroatoms. The predicted octanol–water partition coefficient (Wildman–Crippen LogP) is 6.67. The lowest BCUT2D eigenvalue weighted by atomic mass is 9.99. The number of nitrogens with one attached hydrogen (secondary N) is 1. The first-order valence-corrected chi connectivity index (χ1v) is 11.4. The largest absolute Gasteiger partial charge is 0.493 e. The smallest absolute Gasteiger partial charge is 0.162 e. The molecule has 1 unspecified atom stereocenters. The molecule has 1 aromatic heterocycles. The summed E-state index contributed by atoms with van der Waals surface area (Å²) < 4.78 is 11.1. The van der Waals surface area contributed by atoms with Crippen LogP contribution in [0.2, 0.25) is 0 Å². The van der Waals surface area contributed by atoms with Gasteiger partial charge < -0.3 is 14.8 Å². The molecule has 33 heavy (non-hydrogen) atoms. The number of methoxy groups -OCH3 is 2. The van der Waals surface area contributed by atoms with Gasteiger partial charge >= 0.3 is 0 Å². The summed E-state index contributed by atoms with van der Waals surface area (Å²) in [7, 11) is 3.30. The van der Waals surface area contributed by atoms with Gasteiger partial charge in [-0.1, -0.05) is 48.0 Å². The van der Waals surface area contributed by atoms with Crippen molar-refractivity contribution in [2.45, 2.75) is 38.6 Å². The Morgan fingerprint density at radius 3 is 2.30 bits per heavy atom. The predicted molar refractivity (Wildman–Crippen MR) is 133 cm³/mol. The van der Waals surface area contributed by atoms with E-state index in [0.29, 0.717) is 17.4 Å². The van der Waals surface area contributed by atoms with Crippen molar-refractivity contribution in [2.24, 2.45) is 0 Å². The molecule has 5 nitrogen and oxygen atoms in total. The van der Waals surface area contributed by atoms with Crippen LogP contribution in [0.15, 0.2) is 60.7 Å². The van der Waals surface area contributed by atoms with Gasteiger partial charge in [0.1, 0.15) is 11.6 Å². The first-order chi connectivity index (χ1) is 16.1. The van der Waals surface area contributed by atoms with Gasteiger partial charge in [0.2, 0.25) is 0 Å². The Kier molecular flexibility index (Phi) is 5.63. The standard InChI is InChI=1S/C28H29N3O2/c1-17-8-10-19(11-9-17)22-7-5-6-21(14-22)18(2)29-28-23-15-25(32-3)26(33-4)16-24(23)30-27(31-28)20-12-13-20/h5-11,14-16,18,20H,12-13H2,1-4H3,(H,29,30,31). The van der Waals surface area contributed by atoms with E-state index in [9.17, 15) is 0 Å². The zero-order valence-corrected chi connectivity index (χ0v) is 19.6. The lowest BCUT2D eigenvalue weighted by Crippen LogP contribution is -2.10. The maximum atomic E-state index is 5.54. The highest BCUT2D eigenvalue weighted by Gasteiger charge is 2.28. The minimum atomic E-state index is 0.0636. The maximum Gasteiger partial charge on any atom is 0.162 e. The third-order valence-electron chi connectivity index (χ3n) is 6.29. The number of hydrogen-bond acceptors (Lipinski definition) is 5. The van der Waals surface area contributed by atoms with Gasteiger partial charge in [-0.05, 0) is 55.5 Å². The van der Waals surface area contributed by atoms with Crippen LogP contribution in [0.25, 0.3) is 22.0 Å². The number of anilines is 1. The summed E-state index contributed by atoms with van der Waals surface area (Å²) >= 11 is 0. The zero-order valence-electron chi connectivity index (χ0n) is 19.6. The number of aryl methyl sites for hydroxylation is 1. The number of ether oxygens (including phenoxy) is 2. The first-order valence-electron chi connectivity index (χ1n) is 11.4. The van der Waals surface area contributed by atoms with Crippen LogP contribution in [0.5, 0.6) is 11.5 Å². The SMILES string of the molecule is COc1cc2nc(C3CC3)nc(NC(C)c3cccc(-c4ccc(C)cc4)c3)c2cc1OC. The fraction of sp³-hybridized carbons (Fsp3) is 0.286. The highest BCUT2D eigenvalue weighted by atomic mass is 16.5. The number of benzene rings is 3. The molecule has 1 saturated carbocycles. The summed E-state index contributed by atoms with van der Waals surface area (Å²) in [5.74, 6) is 3.53. The number of aromatic nitrogens is 2. The molecule has 5 rings (SSSR count). The summed E-state index contributed by atoms with van der Waals surface area (Å²) in [6, 6.07) is 21.3. The quantitative estimate of drug-likeness (QED) is 0.348. The second-order valence-electron chi connectivity index (χ2n) is 8.79. The molecule has 0 spiro atoms. The van der Waals surface area contributed by atoms with Crippen molar-refractivity contribution in [1.29, 1.82) is 0 Å². The lowest BCUT2D eigenvalue weighted by Gasteiger charge is -2.19. The Bertz CT molecular complexity index is 1300. The summed E-state index contributed by atoms with van der Waals surface area (Å²) in [5.41, 5.74) is 5.76. The van der Waals surface area contributed by atoms with E-state index in [2.05, 4.69) is 67.7 Å². The van der Waals surface area contributed by atoms with Crippen molar-refractivity contribution < 1.29 is 9.47 Å². The molecule has 1 N–H and O–H groups in total. The van der Waals surface area contributed by atoms with Gasteiger partial charge in [-0.25, -0.2) is 9.97 Å². The highest BCUT2D eigenvalue weighted by molar-refractivity contribution is 5.92. The van der Waals surface area contributed by atoms with E-state index >= 15 is 0 Å². The Balaban J connectivity index is 1.51. The molecule has 1 fully saturated rings. The Labute approximate surface area is 194 Å². The van der Waals surface area contributed by atoms with Crippen molar-refractivity contribution in [3.63, 3.8) is 0 Å².